The summed E-state index contributed by atoms with van der Waals surface area (Å²) in [5.41, 5.74) is -5.22. The number of anilines is 1. The number of alkyl halides is 3. The number of sulfonamides is 1. The zero-order valence-electron chi connectivity index (χ0n) is 13.0. The molecule has 6 nitrogen and oxygen atoms in total. The second-order valence-corrected chi connectivity index (χ2v) is 8.18. The lowest BCUT2D eigenvalue weighted by Crippen LogP contribution is -2.45. The molecule has 1 saturated carbocycles. The fourth-order valence-electron chi connectivity index (χ4n) is 2.76. The molecule has 24 heavy (non-hydrogen) atoms. The summed E-state index contributed by atoms with van der Waals surface area (Å²) >= 11 is 0. The van der Waals surface area contributed by atoms with Crippen molar-refractivity contribution in [2.24, 2.45) is 5.92 Å². The van der Waals surface area contributed by atoms with E-state index in [9.17, 15) is 21.6 Å². The van der Waals surface area contributed by atoms with Crippen molar-refractivity contribution in [3.05, 3.63) is 18.1 Å². The van der Waals surface area contributed by atoms with Crippen molar-refractivity contribution >= 4 is 15.8 Å². The Morgan fingerprint density at radius 2 is 1.88 bits per heavy atom. The quantitative estimate of drug-likeness (QED) is 0.868. The second kappa shape index (κ2) is 6.47. The molecule has 2 fully saturated rings. The molecule has 0 unspecified atom stereocenters. The van der Waals surface area contributed by atoms with Crippen molar-refractivity contribution in [3.63, 3.8) is 0 Å². The van der Waals surface area contributed by atoms with Gasteiger partial charge in [-0.1, -0.05) is 0 Å². The molecule has 0 amide bonds. The lowest BCUT2D eigenvalue weighted by molar-refractivity contribution is -0.0496. The van der Waals surface area contributed by atoms with Crippen LogP contribution in [0, 0.1) is 5.92 Å². The first-order chi connectivity index (χ1) is 11.3. The van der Waals surface area contributed by atoms with Gasteiger partial charge in [0, 0.05) is 31.7 Å². The fraction of sp³-hybridized carbons (Fsp3) is 0.714. The minimum Gasteiger partial charge on any atom is -0.370 e. The molecular weight excluding hydrogens is 345 g/mol. The van der Waals surface area contributed by atoms with Crippen LogP contribution in [-0.2, 0) is 10.0 Å². The van der Waals surface area contributed by atoms with Gasteiger partial charge in [-0.15, -0.1) is 0 Å². The number of hydrogen-bond donors (Lipinski definition) is 1. The Balaban J connectivity index is 1.50. The van der Waals surface area contributed by atoms with Gasteiger partial charge in [0.1, 0.15) is 11.6 Å². The van der Waals surface area contributed by atoms with Crippen LogP contribution in [0.25, 0.3) is 0 Å². The molecule has 10 heteroatoms. The molecule has 3 rings (SSSR count). The summed E-state index contributed by atoms with van der Waals surface area (Å²) < 4.78 is 60.9. The Labute approximate surface area is 138 Å². The number of aromatic nitrogens is 2. The minimum atomic E-state index is -5.22. The van der Waals surface area contributed by atoms with Crippen LogP contribution < -0.4 is 5.32 Å². The van der Waals surface area contributed by atoms with E-state index in [0.717, 1.165) is 18.7 Å². The summed E-state index contributed by atoms with van der Waals surface area (Å²) in [6.07, 6.45) is 4.69. The Kier molecular flexibility index (Phi) is 4.69. The van der Waals surface area contributed by atoms with Gasteiger partial charge in [0.05, 0.1) is 0 Å². The van der Waals surface area contributed by atoms with Crippen molar-refractivity contribution in [2.75, 3.05) is 25.0 Å². The molecule has 0 radical (unpaired) electrons. The maximum absolute atomic E-state index is 12.5. The van der Waals surface area contributed by atoms with Crippen molar-refractivity contribution < 1.29 is 21.6 Å². The van der Waals surface area contributed by atoms with Crippen LogP contribution in [0.2, 0.25) is 0 Å². The second-order valence-electron chi connectivity index (χ2n) is 6.25. The number of nitrogens with zero attached hydrogens (tertiary/aromatic N) is 3. The van der Waals surface area contributed by atoms with Crippen molar-refractivity contribution in [1.82, 2.24) is 14.3 Å². The Morgan fingerprint density at radius 1 is 1.21 bits per heavy atom. The first-order valence-corrected chi connectivity index (χ1v) is 9.34. The van der Waals surface area contributed by atoms with Gasteiger partial charge in [0.25, 0.3) is 0 Å². The number of piperidine rings is 1. The molecule has 134 valence electrons. The first-order valence-electron chi connectivity index (χ1n) is 7.90. The van der Waals surface area contributed by atoms with Gasteiger partial charge in [-0.25, -0.2) is 18.4 Å². The molecular formula is C14H19F3N4O2S. The van der Waals surface area contributed by atoms with E-state index in [1.807, 2.05) is 0 Å². The zero-order valence-corrected chi connectivity index (χ0v) is 13.8. The van der Waals surface area contributed by atoms with E-state index >= 15 is 0 Å². The van der Waals surface area contributed by atoms with Crippen LogP contribution in [0.1, 0.15) is 37.4 Å². The van der Waals surface area contributed by atoms with E-state index in [4.69, 9.17) is 0 Å². The van der Waals surface area contributed by atoms with Crippen LogP contribution in [-0.4, -0.2) is 47.8 Å². The number of halogens is 3. The number of hydrogen-bond acceptors (Lipinski definition) is 5. The van der Waals surface area contributed by atoms with E-state index in [1.54, 1.807) is 12.3 Å². The van der Waals surface area contributed by atoms with E-state index in [1.165, 1.54) is 0 Å². The summed E-state index contributed by atoms with van der Waals surface area (Å²) in [7, 11) is -5.21. The average molecular weight is 364 g/mol. The van der Waals surface area contributed by atoms with Gasteiger partial charge in [-0.3, -0.25) is 0 Å². The summed E-state index contributed by atoms with van der Waals surface area (Å²) in [6, 6.07) is 1.76. The molecule has 1 aliphatic heterocycles. The summed E-state index contributed by atoms with van der Waals surface area (Å²) in [5, 5.41) is 3.18. The SMILES string of the molecule is O=S(=O)(N1CCC(CNc2ccnc(C3CC3)n2)CC1)C(F)(F)F. The summed E-state index contributed by atoms with van der Waals surface area (Å²) in [6.45, 7) is 0.345. The highest BCUT2D eigenvalue weighted by molar-refractivity contribution is 7.90. The van der Waals surface area contributed by atoms with Gasteiger partial charge >= 0.3 is 15.5 Å². The van der Waals surface area contributed by atoms with E-state index in [-0.39, 0.29) is 19.0 Å². The third-order valence-corrected chi connectivity index (χ3v) is 6.02. The maximum Gasteiger partial charge on any atom is 0.511 e. The standard InChI is InChI=1S/C14H19F3N4O2S/c15-14(16,17)24(22,23)21-7-4-10(5-8-21)9-19-12-3-6-18-13(20-12)11-1-2-11/h3,6,10-11H,1-2,4-5,7-9H2,(H,18,19,20). The molecule has 2 aliphatic rings. The molecule has 2 heterocycles. The summed E-state index contributed by atoms with van der Waals surface area (Å²) in [5.74, 6) is 2.09. The topological polar surface area (TPSA) is 75.2 Å². The van der Waals surface area contributed by atoms with E-state index in [0.29, 0.717) is 35.4 Å². The third kappa shape index (κ3) is 3.80. The lowest BCUT2D eigenvalue weighted by Gasteiger charge is -2.31. The van der Waals surface area contributed by atoms with E-state index in [2.05, 4.69) is 15.3 Å². The average Bonchev–Trinajstić information content (AvgIpc) is 3.37. The van der Waals surface area contributed by atoms with Crippen molar-refractivity contribution in [1.29, 1.82) is 0 Å². The molecule has 1 aliphatic carbocycles. The van der Waals surface area contributed by atoms with Gasteiger partial charge in [-0.05, 0) is 37.7 Å². The largest absolute Gasteiger partial charge is 0.511 e. The zero-order chi connectivity index (χ0) is 17.4. The maximum atomic E-state index is 12.5. The van der Waals surface area contributed by atoms with Crippen molar-refractivity contribution in [2.45, 2.75) is 37.1 Å². The number of rotatable bonds is 5. The smallest absolute Gasteiger partial charge is 0.370 e. The monoisotopic (exact) mass is 364 g/mol. The van der Waals surface area contributed by atoms with Crippen LogP contribution in [0.5, 0.6) is 0 Å². The molecule has 1 aromatic rings. The number of nitrogens with one attached hydrogen (secondary N) is 1. The first kappa shape index (κ1) is 17.4. The predicted molar refractivity (Wildman–Crippen MR) is 81.8 cm³/mol. The third-order valence-electron chi connectivity index (χ3n) is 4.39. The normalized spacial score (nSPS) is 21.0. The highest BCUT2D eigenvalue weighted by Crippen LogP contribution is 2.38. The lowest BCUT2D eigenvalue weighted by atomic mass is 9.98. The van der Waals surface area contributed by atoms with Crippen LogP contribution >= 0.6 is 0 Å². The fourth-order valence-corrected chi connectivity index (χ4v) is 3.74. The van der Waals surface area contributed by atoms with Crippen LogP contribution in [0.15, 0.2) is 12.3 Å². The minimum absolute atomic E-state index is 0.106. The van der Waals surface area contributed by atoms with Gasteiger partial charge in [-0.2, -0.15) is 17.5 Å². The van der Waals surface area contributed by atoms with E-state index < -0.39 is 15.5 Å². The van der Waals surface area contributed by atoms with Gasteiger partial charge < -0.3 is 5.32 Å². The highest BCUT2D eigenvalue weighted by atomic mass is 32.2. The molecule has 0 atom stereocenters. The van der Waals surface area contributed by atoms with Crippen LogP contribution in [0.3, 0.4) is 0 Å². The molecule has 1 saturated heterocycles. The van der Waals surface area contributed by atoms with Crippen LogP contribution in [0.4, 0.5) is 19.0 Å². The molecule has 0 aromatic carbocycles. The van der Waals surface area contributed by atoms with Gasteiger partial charge in [0.15, 0.2) is 0 Å². The van der Waals surface area contributed by atoms with Crippen molar-refractivity contribution in [3.8, 4) is 0 Å². The Bertz CT molecular complexity index is 684. The molecule has 1 aromatic heterocycles. The summed E-state index contributed by atoms with van der Waals surface area (Å²) in [4.78, 5) is 8.65. The Hall–Kier alpha value is -1.42. The molecule has 0 spiro atoms. The van der Waals surface area contributed by atoms with Gasteiger partial charge in [0.2, 0.25) is 0 Å². The predicted octanol–water partition coefficient (Wildman–Crippen LogP) is 2.33. The molecule has 1 N–H and O–H groups in total. The molecule has 0 bridgehead atoms. The highest BCUT2D eigenvalue weighted by Gasteiger charge is 2.50. The Morgan fingerprint density at radius 3 is 2.46 bits per heavy atom.